The fraction of sp³-hybridized carbons (Fsp3) is 0.419. The van der Waals surface area contributed by atoms with E-state index in [4.69, 9.17) is 4.74 Å². The molecule has 1 fully saturated rings. The molecular formula is C31H38N4O. The molecule has 36 heavy (non-hydrogen) atoms. The van der Waals surface area contributed by atoms with Crippen LogP contribution < -0.4 is 4.74 Å². The maximum absolute atomic E-state index is 9.19. The minimum Gasteiger partial charge on any atom is -0.492 e. The highest BCUT2D eigenvalue weighted by Crippen LogP contribution is 2.27. The summed E-state index contributed by atoms with van der Waals surface area (Å²) in [4.78, 5) is 9.33. The molecule has 0 bridgehead atoms. The van der Waals surface area contributed by atoms with Gasteiger partial charge in [-0.05, 0) is 79.6 Å². The average molecular weight is 483 g/mol. The second-order valence-corrected chi connectivity index (χ2v) is 9.73. The molecule has 0 N–H and O–H groups in total. The van der Waals surface area contributed by atoms with E-state index in [1.807, 2.05) is 37.4 Å². The molecule has 0 radical (unpaired) electrons. The third-order valence-corrected chi connectivity index (χ3v) is 7.33. The van der Waals surface area contributed by atoms with E-state index in [0.29, 0.717) is 12.5 Å². The monoisotopic (exact) mass is 482 g/mol. The highest BCUT2D eigenvalue weighted by atomic mass is 16.5. The lowest BCUT2D eigenvalue weighted by atomic mass is 9.90. The summed E-state index contributed by atoms with van der Waals surface area (Å²) in [6.45, 7) is 11.6. The summed E-state index contributed by atoms with van der Waals surface area (Å²) in [5.41, 5.74) is 5.50. The lowest BCUT2D eigenvalue weighted by Gasteiger charge is -2.34. The number of pyridine rings is 1. The third kappa shape index (κ3) is 7.16. The second-order valence-electron chi connectivity index (χ2n) is 9.73. The summed E-state index contributed by atoms with van der Waals surface area (Å²) in [6, 6.07) is 20.9. The van der Waals surface area contributed by atoms with Crippen molar-refractivity contribution in [1.82, 2.24) is 14.8 Å². The van der Waals surface area contributed by atoms with Gasteiger partial charge in [-0.2, -0.15) is 5.26 Å². The Labute approximate surface area is 216 Å². The Kier molecular flexibility index (Phi) is 9.49. The summed E-state index contributed by atoms with van der Waals surface area (Å²) >= 11 is 0. The zero-order chi connectivity index (χ0) is 25.2. The van der Waals surface area contributed by atoms with E-state index >= 15 is 0 Å². The van der Waals surface area contributed by atoms with Crippen LogP contribution in [0.1, 0.15) is 48.8 Å². The van der Waals surface area contributed by atoms with E-state index in [9.17, 15) is 5.26 Å². The first-order chi connectivity index (χ1) is 17.7. The molecule has 5 nitrogen and oxygen atoms in total. The molecule has 188 valence electrons. The highest BCUT2D eigenvalue weighted by Gasteiger charge is 2.17. The largest absolute Gasteiger partial charge is 0.492 e. The molecule has 0 spiro atoms. The lowest BCUT2D eigenvalue weighted by molar-refractivity contribution is 0.115. The van der Waals surface area contributed by atoms with Crippen molar-refractivity contribution >= 4 is 0 Å². The van der Waals surface area contributed by atoms with Crippen LogP contribution in [-0.2, 0) is 0 Å². The topological polar surface area (TPSA) is 52.4 Å². The summed E-state index contributed by atoms with van der Waals surface area (Å²) in [6.07, 6.45) is 7.24. The first-order valence-corrected chi connectivity index (χ1v) is 13.2. The predicted molar refractivity (Wildman–Crippen MR) is 146 cm³/mol. The van der Waals surface area contributed by atoms with Gasteiger partial charge in [-0.3, -0.25) is 9.88 Å². The lowest BCUT2D eigenvalue weighted by Crippen LogP contribution is -2.47. The van der Waals surface area contributed by atoms with Crippen LogP contribution in [0.2, 0.25) is 0 Å². The minimum absolute atomic E-state index is 0.575. The summed E-state index contributed by atoms with van der Waals surface area (Å²) in [7, 11) is 0. The maximum Gasteiger partial charge on any atom is 0.119 e. The average Bonchev–Trinajstić information content (AvgIpc) is 2.92. The van der Waals surface area contributed by atoms with Crippen LogP contribution in [0.3, 0.4) is 0 Å². The molecule has 0 aliphatic carbocycles. The van der Waals surface area contributed by atoms with Gasteiger partial charge in [0.05, 0.1) is 11.6 Å². The van der Waals surface area contributed by atoms with Gasteiger partial charge in [0.2, 0.25) is 0 Å². The van der Waals surface area contributed by atoms with Gasteiger partial charge >= 0.3 is 0 Å². The zero-order valence-corrected chi connectivity index (χ0v) is 21.7. The fourth-order valence-corrected chi connectivity index (χ4v) is 5.06. The Morgan fingerprint density at radius 2 is 1.75 bits per heavy atom. The number of hydrogen-bond donors (Lipinski definition) is 0. The van der Waals surface area contributed by atoms with Crippen LogP contribution in [0.5, 0.6) is 5.75 Å². The van der Waals surface area contributed by atoms with Gasteiger partial charge in [0.15, 0.2) is 0 Å². The predicted octanol–water partition coefficient (Wildman–Crippen LogP) is 5.90. The van der Waals surface area contributed by atoms with Gasteiger partial charge in [-0.15, -0.1) is 0 Å². The molecule has 1 aromatic heterocycles. The van der Waals surface area contributed by atoms with Crippen LogP contribution in [0.4, 0.5) is 0 Å². The number of nitrogens with zero attached hydrogens (tertiary/aromatic N) is 4. The minimum atomic E-state index is 0.575. The smallest absolute Gasteiger partial charge is 0.119 e. The quantitative estimate of drug-likeness (QED) is 0.341. The van der Waals surface area contributed by atoms with Crippen molar-refractivity contribution in [3.8, 4) is 22.9 Å². The van der Waals surface area contributed by atoms with E-state index in [2.05, 4.69) is 58.1 Å². The van der Waals surface area contributed by atoms with E-state index < -0.39 is 0 Å². The van der Waals surface area contributed by atoms with Crippen molar-refractivity contribution in [1.29, 1.82) is 5.26 Å². The van der Waals surface area contributed by atoms with E-state index in [0.717, 1.165) is 73.7 Å². The summed E-state index contributed by atoms with van der Waals surface area (Å²) in [5.74, 6) is 1.49. The molecule has 5 heteroatoms. The summed E-state index contributed by atoms with van der Waals surface area (Å²) < 4.78 is 6.07. The van der Waals surface area contributed by atoms with E-state index in [1.165, 1.54) is 18.4 Å². The first kappa shape index (κ1) is 25.9. The third-order valence-electron chi connectivity index (χ3n) is 7.33. The Morgan fingerprint density at radius 3 is 2.44 bits per heavy atom. The van der Waals surface area contributed by atoms with Gasteiger partial charge in [0.1, 0.15) is 12.4 Å². The van der Waals surface area contributed by atoms with Crippen molar-refractivity contribution in [2.75, 3.05) is 45.9 Å². The van der Waals surface area contributed by atoms with Crippen molar-refractivity contribution < 1.29 is 4.74 Å². The molecule has 1 saturated heterocycles. The van der Waals surface area contributed by atoms with Crippen LogP contribution >= 0.6 is 0 Å². The molecule has 1 atom stereocenters. The number of nitriles is 1. The number of aryl methyl sites for hydroxylation is 1. The number of rotatable bonds is 11. The van der Waals surface area contributed by atoms with Crippen LogP contribution in [0.15, 0.2) is 67.0 Å². The van der Waals surface area contributed by atoms with Crippen LogP contribution in [0, 0.1) is 18.3 Å². The molecular weight excluding hydrogens is 444 g/mol. The number of benzene rings is 2. The zero-order valence-electron chi connectivity index (χ0n) is 21.7. The fourth-order valence-electron chi connectivity index (χ4n) is 5.06. The normalized spacial score (nSPS) is 15.4. The van der Waals surface area contributed by atoms with Gasteiger partial charge < -0.3 is 9.64 Å². The van der Waals surface area contributed by atoms with Gasteiger partial charge in [-0.1, -0.05) is 37.3 Å². The molecule has 0 saturated carbocycles. The first-order valence-electron chi connectivity index (χ1n) is 13.2. The SMILES string of the molecule is CCC(CCCN1CCN(CCOc2cccc(-c3cccnc3)c2)CC1)c1ccc(C#N)c(C)c1. The second kappa shape index (κ2) is 13.2. The van der Waals surface area contributed by atoms with E-state index in [1.54, 1.807) is 6.20 Å². The molecule has 1 aliphatic rings. The van der Waals surface area contributed by atoms with Gasteiger partial charge in [-0.25, -0.2) is 0 Å². The molecule has 1 aliphatic heterocycles. The number of piperazine rings is 1. The Morgan fingerprint density at radius 1 is 0.972 bits per heavy atom. The maximum atomic E-state index is 9.19. The van der Waals surface area contributed by atoms with E-state index in [-0.39, 0.29) is 0 Å². The Bertz CT molecular complexity index is 1130. The Balaban J connectivity index is 1.15. The highest BCUT2D eigenvalue weighted by molar-refractivity contribution is 5.63. The molecule has 1 unspecified atom stereocenters. The van der Waals surface area contributed by atoms with Crippen LogP contribution in [-0.4, -0.2) is 60.7 Å². The van der Waals surface area contributed by atoms with Crippen molar-refractivity contribution in [3.63, 3.8) is 0 Å². The number of hydrogen-bond acceptors (Lipinski definition) is 5. The van der Waals surface area contributed by atoms with Crippen molar-refractivity contribution in [3.05, 3.63) is 83.7 Å². The van der Waals surface area contributed by atoms with Crippen molar-refractivity contribution in [2.24, 2.45) is 0 Å². The van der Waals surface area contributed by atoms with Gasteiger partial charge in [0.25, 0.3) is 0 Å². The molecule has 0 amide bonds. The van der Waals surface area contributed by atoms with Crippen LogP contribution in [0.25, 0.3) is 11.1 Å². The van der Waals surface area contributed by atoms with Gasteiger partial charge in [0, 0.05) is 50.7 Å². The molecule has 2 heterocycles. The molecule has 4 rings (SSSR count). The molecule has 2 aromatic carbocycles. The van der Waals surface area contributed by atoms with Crippen molar-refractivity contribution in [2.45, 2.75) is 39.0 Å². The summed E-state index contributed by atoms with van der Waals surface area (Å²) in [5, 5.41) is 9.19. The molecule has 3 aromatic rings. The number of ether oxygens (including phenoxy) is 1. The number of aromatic nitrogens is 1. The standard InChI is InChI=1S/C31H38N4O/c1-3-26(28-11-12-29(23-32)25(2)21-28)9-6-14-34-15-17-35(18-16-34)19-20-36-31-10-4-7-27(22-31)30-8-5-13-33-24-30/h4-5,7-8,10-13,21-22,24,26H,3,6,9,14-20H2,1-2H3. The Hall–Kier alpha value is -3.20.